The third-order valence-corrected chi connectivity index (χ3v) is 4.76. The van der Waals surface area contributed by atoms with E-state index in [2.05, 4.69) is 24.3 Å². The summed E-state index contributed by atoms with van der Waals surface area (Å²) in [4.78, 5) is 14.3. The van der Waals surface area contributed by atoms with Gasteiger partial charge in [0.15, 0.2) is 0 Å². The molecule has 0 saturated heterocycles. The molecule has 6 heteroatoms. The fourth-order valence-corrected chi connectivity index (χ4v) is 3.02. The topological polar surface area (TPSA) is 58.4 Å². The summed E-state index contributed by atoms with van der Waals surface area (Å²) in [5, 5.41) is 3.08. The van der Waals surface area contributed by atoms with Crippen LogP contribution in [0.4, 0.5) is 0 Å². The van der Waals surface area contributed by atoms with Crippen molar-refractivity contribution < 1.29 is 4.79 Å². The van der Waals surface area contributed by atoms with Crippen LogP contribution in [0.25, 0.3) is 0 Å². The van der Waals surface area contributed by atoms with Crippen molar-refractivity contribution in [2.45, 2.75) is 56.0 Å². The third-order valence-electron chi connectivity index (χ3n) is 4.76. The van der Waals surface area contributed by atoms with E-state index in [1.165, 1.54) is 25.7 Å². The Kier molecular flexibility index (Phi) is 7.10. The van der Waals surface area contributed by atoms with Crippen molar-refractivity contribution in [3.8, 4) is 0 Å². The van der Waals surface area contributed by atoms with E-state index in [1.807, 2.05) is 0 Å². The number of nitrogens with zero attached hydrogens (tertiary/aromatic N) is 1. The second kappa shape index (κ2) is 7.11. The van der Waals surface area contributed by atoms with Crippen molar-refractivity contribution >= 4 is 30.7 Å². The fraction of sp³-hybridized carbons (Fsp3) is 0.923. The van der Waals surface area contributed by atoms with Gasteiger partial charge in [-0.1, -0.05) is 12.8 Å². The molecular formula is C13H27Cl2N3O. The summed E-state index contributed by atoms with van der Waals surface area (Å²) in [6.07, 6.45) is 7.66. The first-order valence-electron chi connectivity index (χ1n) is 6.73. The van der Waals surface area contributed by atoms with Crippen molar-refractivity contribution in [3.05, 3.63) is 0 Å². The normalized spacial score (nSPS) is 22.9. The molecule has 114 valence electrons. The largest absolute Gasteiger partial charge is 0.353 e. The predicted molar refractivity (Wildman–Crippen MR) is 83.2 cm³/mol. The van der Waals surface area contributed by atoms with E-state index in [0.29, 0.717) is 0 Å². The maximum absolute atomic E-state index is 12.0. The second-order valence-corrected chi connectivity index (χ2v) is 6.02. The maximum Gasteiger partial charge on any atom is 0.240 e. The van der Waals surface area contributed by atoms with Crippen LogP contribution in [0.1, 0.15) is 44.9 Å². The number of hydrogen-bond acceptors (Lipinski definition) is 3. The Morgan fingerprint density at radius 2 is 1.63 bits per heavy atom. The molecule has 2 rings (SSSR count). The number of carbonyl (C=O) groups excluding carboxylic acids is 1. The molecule has 0 aliphatic heterocycles. The molecular weight excluding hydrogens is 285 g/mol. The van der Waals surface area contributed by atoms with Crippen molar-refractivity contribution in [3.63, 3.8) is 0 Å². The number of amides is 1. The first kappa shape index (κ1) is 19.0. The average molecular weight is 312 g/mol. The van der Waals surface area contributed by atoms with Crippen LogP contribution in [0.5, 0.6) is 0 Å². The smallest absolute Gasteiger partial charge is 0.240 e. The summed E-state index contributed by atoms with van der Waals surface area (Å²) in [5.41, 5.74) is 5.62. The van der Waals surface area contributed by atoms with Crippen LogP contribution in [0, 0.1) is 0 Å². The molecule has 0 atom stereocenters. The van der Waals surface area contributed by atoms with E-state index in [0.717, 1.165) is 25.8 Å². The summed E-state index contributed by atoms with van der Waals surface area (Å²) in [6, 6.07) is 0. The molecule has 0 bridgehead atoms. The Labute approximate surface area is 128 Å². The van der Waals surface area contributed by atoms with Gasteiger partial charge in [-0.3, -0.25) is 4.79 Å². The maximum atomic E-state index is 12.0. The standard InChI is InChI=1S/C13H25N3O.2ClH/c1-16(2)12(6-3-4-7-12)10-15-11(17)13(14)8-5-9-13;;/h3-10,14H2,1-2H3,(H,15,17);2*1H. The van der Waals surface area contributed by atoms with Gasteiger partial charge in [-0.25, -0.2) is 0 Å². The first-order valence-corrected chi connectivity index (χ1v) is 6.73. The lowest BCUT2D eigenvalue weighted by Crippen LogP contribution is -2.61. The van der Waals surface area contributed by atoms with Gasteiger partial charge < -0.3 is 16.0 Å². The number of hydrogen-bond donors (Lipinski definition) is 2. The Hall–Kier alpha value is -0.0300. The molecule has 0 aromatic carbocycles. The predicted octanol–water partition coefficient (Wildman–Crippen LogP) is 1.70. The van der Waals surface area contributed by atoms with Gasteiger partial charge in [0.05, 0.1) is 5.54 Å². The number of nitrogens with one attached hydrogen (secondary N) is 1. The second-order valence-electron chi connectivity index (χ2n) is 6.02. The van der Waals surface area contributed by atoms with Crippen LogP contribution in [-0.2, 0) is 4.79 Å². The van der Waals surface area contributed by atoms with Crippen molar-refractivity contribution in [2.24, 2.45) is 5.73 Å². The summed E-state index contributed by atoms with van der Waals surface area (Å²) in [5.74, 6) is 0.0527. The quantitative estimate of drug-likeness (QED) is 0.831. The highest BCUT2D eigenvalue weighted by molar-refractivity contribution is 5.87. The van der Waals surface area contributed by atoms with Crippen LogP contribution in [0.3, 0.4) is 0 Å². The Morgan fingerprint density at radius 1 is 1.11 bits per heavy atom. The number of nitrogens with two attached hydrogens (primary N) is 1. The molecule has 0 aromatic rings. The van der Waals surface area contributed by atoms with Crippen LogP contribution in [-0.4, -0.2) is 42.5 Å². The molecule has 0 heterocycles. The molecule has 0 radical (unpaired) electrons. The van der Waals surface area contributed by atoms with Gasteiger partial charge in [-0.15, -0.1) is 24.8 Å². The average Bonchev–Trinajstić information content (AvgIpc) is 2.72. The lowest BCUT2D eigenvalue weighted by molar-refractivity contribution is -0.129. The highest BCUT2D eigenvalue weighted by Crippen LogP contribution is 2.34. The molecule has 2 fully saturated rings. The summed E-state index contributed by atoms with van der Waals surface area (Å²) >= 11 is 0. The summed E-state index contributed by atoms with van der Waals surface area (Å²) in [7, 11) is 4.22. The lowest BCUT2D eigenvalue weighted by Gasteiger charge is -2.40. The Morgan fingerprint density at radius 3 is 2.00 bits per heavy atom. The van der Waals surface area contributed by atoms with Gasteiger partial charge in [-0.05, 0) is 46.2 Å². The molecule has 2 aliphatic carbocycles. The van der Waals surface area contributed by atoms with Crippen molar-refractivity contribution in [2.75, 3.05) is 20.6 Å². The Balaban J connectivity index is 0.00000162. The SMILES string of the molecule is CN(C)C1(CNC(=O)C2(N)CCC2)CCCC1.Cl.Cl. The minimum atomic E-state index is -0.563. The van der Waals surface area contributed by atoms with E-state index in [1.54, 1.807) is 0 Å². The van der Waals surface area contributed by atoms with E-state index in [4.69, 9.17) is 5.73 Å². The van der Waals surface area contributed by atoms with Gasteiger partial charge in [-0.2, -0.15) is 0 Å². The van der Waals surface area contributed by atoms with Crippen LogP contribution < -0.4 is 11.1 Å². The zero-order valence-electron chi connectivity index (χ0n) is 11.9. The minimum Gasteiger partial charge on any atom is -0.353 e. The number of carbonyl (C=O) groups is 1. The van der Waals surface area contributed by atoms with Gasteiger partial charge in [0, 0.05) is 12.1 Å². The molecule has 19 heavy (non-hydrogen) atoms. The van der Waals surface area contributed by atoms with E-state index in [-0.39, 0.29) is 36.3 Å². The summed E-state index contributed by atoms with van der Waals surface area (Å²) < 4.78 is 0. The van der Waals surface area contributed by atoms with Gasteiger partial charge in [0.2, 0.25) is 5.91 Å². The van der Waals surface area contributed by atoms with Gasteiger partial charge in [0.25, 0.3) is 0 Å². The van der Waals surface area contributed by atoms with Crippen LogP contribution in [0.15, 0.2) is 0 Å². The highest BCUT2D eigenvalue weighted by Gasteiger charge is 2.42. The van der Waals surface area contributed by atoms with Crippen LogP contribution in [0.2, 0.25) is 0 Å². The molecule has 0 spiro atoms. The van der Waals surface area contributed by atoms with Gasteiger partial charge >= 0.3 is 0 Å². The van der Waals surface area contributed by atoms with E-state index < -0.39 is 5.54 Å². The third kappa shape index (κ3) is 3.75. The minimum absolute atomic E-state index is 0. The van der Waals surface area contributed by atoms with E-state index >= 15 is 0 Å². The molecule has 0 unspecified atom stereocenters. The summed E-state index contributed by atoms with van der Waals surface area (Å²) in [6.45, 7) is 0.748. The molecule has 4 nitrogen and oxygen atoms in total. The van der Waals surface area contributed by atoms with Crippen LogP contribution >= 0.6 is 24.8 Å². The number of halogens is 2. The number of likely N-dealkylation sites (N-methyl/N-ethyl adjacent to an activating group) is 1. The van der Waals surface area contributed by atoms with Gasteiger partial charge in [0.1, 0.15) is 0 Å². The molecule has 1 amide bonds. The molecule has 2 saturated carbocycles. The number of rotatable bonds is 4. The van der Waals surface area contributed by atoms with E-state index in [9.17, 15) is 4.79 Å². The zero-order chi connectivity index (χ0) is 12.5. The molecule has 0 aromatic heterocycles. The fourth-order valence-electron chi connectivity index (χ4n) is 3.02. The highest BCUT2D eigenvalue weighted by atomic mass is 35.5. The zero-order valence-corrected chi connectivity index (χ0v) is 13.5. The lowest BCUT2D eigenvalue weighted by atomic mass is 9.77. The monoisotopic (exact) mass is 311 g/mol. The molecule has 3 N–H and O–H groups in total. The van der Waals surface area contributed by atoms with Crippen molar-refractivity contribution in [1.29, 1.82) is 0 Å². The first-order chi connectivity index (χ1) is 7.99. The molecule has 2 aliphatic rings. The van der Waals surface area contributed by atoms with Crippen molar-refractivity contribution in [1.82, 2.24) is 10.2 Å². The Bertz CT molecular complexity index is 300.